The van der Waals surface area contributed by atoms with E-state index in [-0.39, 0.29) is 6.61 Å². The van der Waals surface area contributed by atoms with E-state index in [0.717, 1.165) is 28.1 Å². The molecule has 0 aromatic carbocycles. The number of aromatic nitrogens is 1. The third-order valence-corrected chi connectivity index (χ3v) is 4.27. The van der Waals surface area contributed by atoms with Crippen LogP contribution in [0.5, 0.6) is 0 Å². The maximum absolute atomic E-state index is 9.21. The van der Waals surface area contributed by atoms with Crippen molar-refractivity contribution in [3.63, 3.8) is 0 Å². The van der Waals surface area contributed by atoms with Crippen molar-refractivity contribution in [2.24, 2.45) is 0 Å². The van der Waals surface area contributed by atoms with Gasteiger partial charge < -0.3 is 10.0 Å². The fourth-order valence-electron chi connectivity index (χ4n) is 1.76. The number of thiophene rings is 1. The van der Waals surface area contributed by atoms with Crippen LogP contribution in [0.4, 0.5) is 5.82 Å². The van der Waals surface area contributed by atoms with Gasteiger partial charge in [-0.05, 0) is 46.6 Å². The smallest absolute Gasteiger partial charge is 0.129 e. The Bertz CT molecular complexity index is 542. The van der Waals surface area contributed by atoms with Crippen molar-refractivity contribution in [1.29, 1.82) is 0 Å². The highest BCUT2D eigenvalue weighted by molar-refractivity contribution is 9.10. The summed E-state index contributed by atoms with van der Waals surface area (Å²) in [6, 6.07) is 5.94. The lowest BCUT2D eigenvalue weighted by Crippen LogP contribution is -2.17. The van der Waals surface area contributed by atoms with Crippen LogP contribution < -0.4 is 4.90 Å². The predicted octanol–water partition coefficient (Wildman–Crippen LogP) is 3.34. The van der Waals surface area contributed by atoms with Crippen LogP contribution in [-0.4, -0.2) is 17.1 Å². The molecular formula is C13H15BrN2OS. The summed E-state index contributed by atoms with van der Waals surface area (Å²) in [5.41, 5.74) is 1.83. The summed E-state index contributed by atoms with van der Waals surface area (Å²) in [7, 11) is 2.01. The number of anilines is 1. The molecule has 0 aliphatic rings. The van der Waals surface area contributed by atoms with Crippen LogP contribution in [0.25, 0.3) is 0 Å². The van der Waals surface area contributed by atoms with E-state index >= 15 is 0 Å². The van der Waals surface area contributed by atoms with Crippen molar-refractivity contribution in [3.8, 4) is 0 Å². The van der Waals surface area contributed by atoms with Crippen LogP contribution in [0.1, 0.15) is 16.1 Å². The van der Waals surface area contributed by atoms with Crippen molar-refractivity contribution in [1.82, 2.24) is 4.98 Å². The van der Waals surface area contributed by atoms with Crippen LogP contribution >= 0.6 is 27.3 Å². The molecule has 0 amide bonds. The Hall–Kier alpha value is -0.910. The topological polar surface area (TPSA) is 36.4 Å². The van der Waals surface area contributed by atoms with Gasteiger partial charge in [0.1, 0.15) is 5.82 Å². The van der Waals surface area contributed by atoms with Crippen molar-refractivity contribution in [3.05, 3.63) is 44.2 Å². The van der Waals surface area contributed by atoms with Crippen molar-refractivity contribution in [2.45, 2.75) is 20.1 Å². The summed E-state index contributed by atoms with van der Waals surface area (Å²) in [5, 5.41) is 11.3. The first-order valence-corrected chi connectivity index (χ1v) is 7.28. The fourth-order valence-corrected chi connectivity index (χ4v) is 3.26. The third-order valence-electron chi connectivity index (χ3n) is 2.59. The van der Waals surface area contributed by atoms with Crippen LogP contribution in [0.2, 0.25) is 0 Å². The number of aryl methyl sites for hydroxylation is 1. The zero-order valence-corrected chi connectivity index (χ0v) is 12.8. The molecule has 0 bridgehead atoms. The lowest BCUT2D eigenvalue weighted by Gasteiger charge is -2.18. The van der Waals surface area contributed by atoms with Gasteiger partial charge in [-0.15, -0.1) is 11.3 Å². The molecule has 0 aliphatic heterocycles. The molecule has 2 aromatic rings. The number of halogens is 1. The van der Waals surface area contributed by atoms with E-state index in [0.29, 0.717) is 0 Å². The van der Waals surface area contributed by atoms with Gasteiger partial charge in [0.15, 0.2) is 0 Å². The molecule has 0 unspecified atom stereocenters. The third kappa shape index (κ3) is 3.31. The molecule has 3 nitrogen and oxygen atoms in total. The molecule has 5 heteroatoms. The van der Waals surface area contributed by atoms with E-state index in [4.69, 9.17) is 0 Å². The van der Waals surface area contributed by atoms with Crippen LogP contribution in [0.3, 0.4) is 0 Å². The average Bonchev–Trinajstić information content (AvgIpc) is 2.73. The summed E-state index contributed by atoms with van der Waals surface area (Å²) in [6.07, 6.45) is 0. The summed E-state index contributed by atoms with van der Waals surface area (Å²) in [6.45, 7) is 2.81. The minimum absolute atomic E-state index is 0.0503. The Morgan fingerprint density at radius 2 is 2.17 bits per heavy atom. The van der Waals surface area contributed by atoms with E-state index in [1.165, 1.54) is 4.88 Å². The maximum Gasteiger partial charge on any atom is 0.129 e. The predicted molar refractivity (Wildman–Crippen MR) is 79.0 cm³/mol. The Balaban J connectivity index is 2.17. The first-order chi connectivity index (χ1) is 8.58. The minimum atomic E-state index is 0.0503. The lowest BCUT2D eigenvalue weighted by molar-refractivity contribution is 0.281. The van der Waals surface area contributed by atoms with Crippen LogP contribution in [0, 0.1) is 6.92 Å². The normalized spacial score (nSPS) is 10.7. The van der Waals surface area contributed by atoms with Crippen molar-refractivity contribution >= 4 is 33.1 Å². The molecular weight excluding hydrogens is 312 g/mol. The van der Waals surface area contributed by atoms with Crippen molar-refractivity contribution in [2.75, 3.05) is 11.9 Å². The lowest BCUT2D eigenvalue weighted by atomic mass is 10.2. The number of hydrogen-bond acceptors (Lipinski definition) is 4. The van der Waals surface area contributed by atoms with Crippen LogP contribution in [0.15, 0.2) is 28.1 Å². The van der Waals surface area contributed by atoms with E-state index in [9.17, 15) is 5.11 Å². The van der Waals surface area contributed by atoms with Crippen molar-refractivity contribution < 1.29 is 5.11 Å². The van der Waals surface area contributed by atoms with Crippen LogP contribution in [-0.2, 0) is 13.2 Å². The summed E-state index contributed by atoms with van der Waals surface area (Å²) < 4.78 is 1.11. The van der Waals surface area contributed by atoms with Gasteiger partial charge in [0, 0.05) is 27.5 Å². The average molecular weight is 327 g/mol. The molecule has 0 saturated carbocycles. The minimum Gasteiger partial charge on any atom is -0.392 e. The molecule has 0 radical (unpaired) electrons. The van der Waals surface area contributed by atoms with E-state index in [1.807, 2.05) is 26.1 Å². The molecule has 2 aromatic heterocycles. The van der Waals surface area contributed by atoms with Gasteiger partial charge in [-0.3, -0.25) is 0 Å². The number of pyridine rings is 1. The van der Waals surface area contributed by atoms with E-state index in [2.05, 4.69) is 37.3 Å². The van der Waals surface area contributed by atoms with Gasteiger partial charge in [0.05, 0.1) is 13.2 Å². The Morgan fingerprint density at radius 3 is 2.78 bits per heavy atom. The van der Waals surface area contributed by atoms with Gasteiger partial charge in [-0.25, -0.2) is 4.98 Å². The quantitative estimate of drug-likeness (QED) is 0.936. The summed E-state index contributed by atoms with van der Waals surface area (Å²) in [5.74, 6) is 0.892. The highest BCUT2D eigenvalue weighted by atomic mass is 79.9. The molecule has 96 valence electrons. The molecule has 0 spiro atoms. The Kier molecular flexibility index (Phi) is 4.37. The Labute approximate surface area is 119 Å². The van der Waals surface area contributed by atoms with E-state index in [1.54, 1.807) is 11.3 Å². The molecule has 0 saturated heterocycles. The largest absolute Gasteiger partial charge is 0.392 e. The SMILES string of the molecule is Cc1cc(CO)cc(N(C)Cc2cc(Br)cs2)n1. The van der Waals surface area contributed by atoms with Gasteiger partial charge in [-0.2, -0.15) is 0 Å². The number of nitrogens with zero attached hydrogens (tertiary/aromatic N) is 2. The number of rotatable bonds is 4. The summed E-state index contributed by atoms with van der Waals surface area (Å²) >= 11 is 5.18. The molecule has 1 N–H and O–H groups in total. The maximum atomic E-state index is 9.21. The second-order valence-electron chi connectivity index (χ2n) is 4.22. The molecule has 2 heterocycles. The molecule has 0 atom stereocenters. The number of aliphatic hydroxyl groups is 1. The molecule has 0 aliphatic carbocycles. The first-order valence-electron chi connectivity index (χ1n) is 5.61. The van der Waals surface area contributed by atoms with Gasteiger partial charge in [-0.1, -0.05) is 0 Å². The highest BCUT2D eigenvalue weighted by Crippen LogP contribution is 2.23. The standard InChI is InChI=1S/C13H15BrN2OS/c1-9-3-10(7-17)4-13(15-9)16(2)6-12-5-11(14)8-18-12/h3-5,8,17H,6-7H2,1-2H3. The monoisotopic (exact) mass is 326 g/mol. The van der Waals surface area contributed by atoms with E-state index < -0.39 is 0 Å². The van der Waals surface area contributed by atoms with Gasteiger partial charge in [0.2, 0.25) is 0 Å². The zero-order chi connectivity index (χ0) is 13.1. The van der Waals surface area contributed by atoms with Gasteiger partial charge in [0.25, 0.3) is 0 Å². The molecule has 0 fully saturated rings. The van der Waals surface area contributed by atoms with Gasteiger partial charge >= 0.3 is 0 Å². The first kappa shape index (κ1) is 13.5. The molecule has 2 rings (SSSR count). The summed E-state index contributed by atoms with van der Waals surface area (Å²) in [4.78, 5) is 7.86. The fraction of sp³-hybridized carbons (Fsp3) is 0.308. The highest BCUT2D eigenvalue weighted by Gasteiger charge is 2.07. The Morgan fingerprint density at radius 1 is 1.39 bits per heavy atom. The second kappa shape index (κ2) is 5.82. The number of hydrogen-bond donors (Lipinski definition) is 1. The second-order valence-corrected chi connectivity index (χ2v) is 6.13. The number of aliphatic hydroxyl groups excluding tert-OH is 1. The molecule has 18 heavy (non-hydrogen) atoms. The zero-order valence-electron chi connectivity index (χ0n) is 10.4.